The Kier molecular flexibility index (Phi) is 7.18. The van der Waals surface area contributed by atoms with Crippen molar-refractivity contribution in [2.24, 2.45) is 11.7 Å². The normalized spacial score (nSPS) is 21.7. The Morgan fingerprint density at radius 3 is 2.56 bits per heavy atom. The summed E-state index contributed by atoms with van der Waals surface area (Å²) in [6.45, 7) is 1.95. The van der Waals surface area contributed by atoms with Crippen LogP contribution >= 0.6 is 11.3 Å². The summed E-state index contributed by atoms with van der Waals surface area (Å²) in [5.41, 5.74) is 13.1. The Morgan fingerprint density at radius 1 is 1.22 bits per heavy atom. The van der Waals surface area contributed by atoms with Gasteiger partial charge in [-0.3, -0.25) is 9.78 Å². The first kappa shape index (κ1) is 25.5. The van der Waals surface area contributed by atoms with Crippen LogP contribution < -0.4 is 16.8 Å². The number of likely N-dealkylation sites (N-methyl/N-ethyl adjacent to an activating group) is 1. The second-order valence-corrected chi connectivity index (χ2v) is 9.97. The molecule has 1 fully saturated rings. The van der Waals surface area contributed by atoms with Crippen molar-refractivity contribution in [3.8, 4) is 10.6 Å². The van der Waals surface area contributed by atoms with Gasteiger partial charge in [-0.15, -0.1) is 0 Å². The van der Waals surface area contributed by atoms with E-state index in [-0.39, 0.29) is 39.1 Å². The van der Waals surface area contributed by atoms with Crippen LogP contribution in [0.3, 0.4) is 0 Å². The van der Waals surface area contributed by atoms with Crippen LogP contribution in [0, 0.1) is 17.6 Å². The first-order chi connectivity index (χ1) is 17.1. The molecule has 1 aliphatic carbocycles. The average Bonchev–Trinajstić information content (AvgIpc) is 3.19. The number of rotatable bonds is 5. The van der Waals surface area contributed by atoms with E-state index < -0.39 is 29.7 Å². The number of nitrogens with two attached hydrogens (primary N) is 2. The summed E-state index contributed by atoms with van der Waals surface area (Å²) in [4.78, 5) is 34.0. The molecular weight excluding hydrogens is 490 g/mol. The van der Waals surface area contributed by atoms with Crippen molar-refractivity contribution < 1.29 is 23.5 Å². The van der Waals surface area contributed by atoms with Gasteiger partial charge < -0.3 is 26.8 Å². The summed E-state index contributed by atoms with van der Waals surface area (Å²) in [5.74, 6) is -2.33. The maximum absolute atomic E-state index is 14.2. The van der Waals surface area contributed by atoms with Gasteiger partial charge in [-0.25, -0.2) is 18.6 Å². The van der Waals surface area contributed by atoms with Crippen LogP contribution in [0.5, 0.6) is 0 Å². The van der Waals surface area contributed by atoms with Crippen LogP contribution in [0.15, 0.2) is 36.7 Å². The number of carboxylic acid groups (broad SMARTS) is 1. The second-order valence-electron chi connectivity index (χ2n) is 8.94. The van der Waals surface area contributed by atoms with Crippen molar-refractivity contribution in [2.45, 2.75) is 37.8 Å². The highest BCUT2D eigenvalue weighted by Crippen LogP contribution is 2.40. The van der Waals surface area contributed by atoms with Crippen molar-refractivity contribution in [3.63, 3.8) is 0 Å². The molecule has 1 saturated carbocycles. The molecule has 0 unspecified atom stereocenters. The van der Waals surface area contributed by atoms with Gasteiger partial charge >= 0.3 is 6.09 Å². The van der Waals surface area contributed by atoms with E-state index >= 15 is 0 Å². The highest BCUT2D eigenvalue weighted by molar-refractivity contribution is 7.19. The van der Waals surface area contributed by atoms with Gasteiger partial charge in [-0.1, -0.05) is 24.3 Å². The van der Waals surface area contributed by atoms with Crippen LogP contribution in [0.2, 0.25) is 0 Å². The third kappa shape index (κ3) is 4.86. The van der Waals surface area contributed by atoms with Gasteiger partial charge in [0, 0.05) is 19.3 Å². The summed E-state index contributed by atoms with van der Waals surface area (Å²) >= 11 is 0.814. The zero-order chi connectivity index (χ0) is 26.1. The topological polar surface area (TPSA) is 147 Å². The third-order valence-electron chi connectivity index (χ3n) is 6.57. The molecule has 4 rings (SSSR count). The van der Waals surface area contributed by atoms with Gasteiger partial charge in [-0.2, -0.15) is 0 Å². The van der Waals surface area contributed by atoms with Crippen molar-refractivity contribution in [2.75, 3.05) is 18.1 Å². The van der Waals surface area contributed by atoms with E-state index in [9.17, 15) is 23.5 Å². The van der Waals surface area contributed by atoms with Crippen LogP contribution in [0.1, 0.15) is 41.7 Å². The summed E-state index contributed by atoms with van der Waals surface area (Å²) < 4.78 is 28.4. The number of aromatic nitrogens is 2. The fourth-order valence-corrected chi connectivity index (χ4v) is 5.85. The van der Waals surface area contributed by atoms with E-state index in [0.717, 1.165) is 29.0 Å². The minimum absolute atomic E-state index is 0.0171. The molecule has 190 valence electrons. The number of carbonyl (C=O) groups is 2. The average molecular weight is 517 g/mol. The quantitative estimate of drug-likeness (QED) is 0.398. The Bertz CT molecular complexity index is 1270. The minimum atomic E-state index is -1.03. The number of benzene rings is 1. The third-order valence-corrected chi connectivity index (χ3v) is 7.47. The predicted octanol–water partition coefficient (Wildman–Crippen LogP) is 4.14. The van der Waals surface area contributed by atoms with Gasteiger partial charge in [0.15, 0.2) is 5.69 Å². The lowest BCUT2D eigenvalue weighted by molar-refractivity contribution is 0.0905. The molecule has 36 heavy (non-hydrogen) atoms. The molecule has 0 radical (unpaired) electrons. The number of nitrogen functional groups attached to an aromatic ring is 1. The first-order valence-electron chi connectivity index (χ1n) is 11.3. The highest BCUT2D eigenvalue weighted by Gasteiger charge is 2.39. The van der Waals surface area contributed by atoms with Gasteiger partial charge in [0.25, 0.3) is 5.91 Å². The molecule has 0 aliphatic heterocycles. The summed E-state index contributed by atoms with van der Waals surface area (Å²) in [7, 11) is 1.52. The van der Waals surface area contributed by atoms with Crippen molar-refractivity contribution in [1.82, 2.24) is 14.9 Å². The van der Waals surface area contributed by atoms with Gasteiger partial charge in [0.1, 0.15) is 21.6 Å². The molecule has 12 heteroatoms. The predicted molar refractivity (Wildman–Crippen MR) is 133 cm³/mol. The number of halogens is 2. The molecule has 3 aromatic rings. The summed E-state index contributed by atoms with van der Waals surface area (Å²) in [5, 5.41) is 12.1. The Balaban J connectivity index is 1.57. The first-order valence-corrected chi connectivity index (χ1v) is 12.1. The number of nitrogens with one attached hydrogen (secondary N) is 1. The molecule has 1 aromatic carbocycles. The van der Waals surface area contributed by atoms with Crippen LogP contribution in [-0.2, 0) is 0 Å². The minimum Gasteiger partial charge on any atom is -0.465 e. The number of carbonyl (C=O) groups excluding carboxylic acids is 1. The number of pyridine rings is 1. The largest absolute Gasteiger partial charge is 0.465 e. The molecule has 2 aromatic heterocycles. The van der Waals surface area contributed by atoms with Crippen LogP contribution in [0.4, 0.5) is 24.3 Å². The fraction of sp³-hybridized carbons (Fsp3) is 0.333. The standard InChI is InChI=1S/C24H26F2N6O3S/c1-11-8-12(9-16(27)20(11)32(2)24(34)35)13-6-7-29-10-17(13)30-22(33)19-21(28)36-23(31-19)18-14(25)4-3-5-15(18)26/h3-7,10-12,16,20H,8-9,27-28H2,1-2H3,(H,30,33)(H,34,35)/t11-,12+,16+,20-/m1/s1. The lowest BCUT2D eigenvalue weighted by Gasteiger charge is -2.43. The molecule has 0 spiro atoms. The van der Waals surface area contributed by atoms with Crippen molar-refractivity contribution in [3.05, 3.63) is 59.6 Å². The van der Waals surface area contributed by atoms with E-state index in [1.54, 1.807) is 12.3 Å². The molecule has 4 atom stereocenters. The zero-order valence-corrected chi connectivity index (χ0v) is 20.4. The number of hydrogen-bond acceptors (Lipinski definition) is 7. The van der Waals surface area contributed by atoms with E-state index in [0.29, 0.717) is 18.5 Å². The van der Waals surface area contributed by atoms with Crippen LogP contribution in [0.25, 0.3) is 10.6 Å². The maximum Gasteiger partial charge on any atom is 0.407 e. The van der Waals surface area contributed by atoms with E-state index in [2.05, 4.69) is 15.3 Å². The van der Waals surface area contributed by atoms with Crippen molar-refractivity contribution >= 4 is 34.0 Å². The Morgan fingerprint density at radius 2 is 1.92 bits per heavy atom. The summed E-state index contributed by atoms with van der Waals surface area (Å²) in [6.07, 6.45) is 3.23. The van der Waals surface area contributed by atoms with Gasteiger partial charge in [0.2, 0.25) is 0 Å². The Labute approximate surface area is 210 Å². The molecule has 1 aliphatic rings. The Hall–Kier alpha value is -3.64. The monoisotopic (exact) mass is 516 g/mol. The number of amides is 2. The summed E-state index contributed by atoms with van der Waals surface area (Å²) in [6, 6.07) is 4.50. The van der Waals surface area contributed by atoms with E-state index in [1.807, 2.05) is 6.92 Å². The molecule has 9 nitrogen and oxygen atoms in total. The number of anilines is 2. The smallest absolute Gasteiger partial charge is 0.407 e. The van der Waals surface area contributed by atoms with Gasteiger partial charge in [-0.05, 0) is 48.4 Å². The lowest BCUT2D eigenvalue weighted by Crippen LogP contribution is -2.54. The highest BCUT2D eigenvalue weighted by atomic mass is 32.1. The molecule has 0 bridgehead atoms. The fourth-order valence-electron chi connectivity index (χ4n) is 4.98. The molecule has 0 saturated heterocycles. The molecular formula is C24H26F2N6O3S. The number of thiazole rings is 1. The number of hydrogen-bond donors (Lipinski definition) is 4. The van der Waals surface area contributed by atoms with Crippen LogP contribution in [-0.4, -0.2) is 51.1 Å². The molecule has 6 N–H and O–H groups in total. The number of nitrogens with zero attached hydrogens (tertiary/aromatic N) is 3. The van der Waals surface area contributed by atoms with Crippen molar-refractivity contribution in [1.29, 1.82) is 0 Å². The maximum atomic E-state index is 14.2. The van der Waals surface area contributed by atoms with Gasteiger partial charge in [0.05, 0.1) is 23.5 Å². The molecule has 2 heterocycles. The van der Waals surface area contributed by atoms with E-state index in [4.69, 9.17) is 11.5 Å². The SMILES string of the molecule is C[C@@H]1C[C@H](c2ccncc2NC(=O)c2nc(-c3c(F)cccc3F)sc2N)C[C@H](N)[C@@H]1N(C)C(=O)O. The lowest BCUT2D eigenvalue weighted by atomic mass is 9.73. The zero-order valence-electron chi connectivity index (χ0n) is 19.6. The van der Waals surface area contributed by atoms with E-state index in [1.165, 1.54) is 24.2 Å². The molecule has 2 amide bonds. The second kappa shape index (κ2) is 10.2.